The van der Waals surface area contributed by atoms with Crippen LogP contribution < -0.4 is 10.6 Å². The zero-order chi connectivity index (χ0) is 13.9. The molecule has 0 spiro atoms. The average Bonchev–Trinajstić information content (AvgIpc) is 2.85. The number of carbonyl (C=O) groups excluding carboxylic acids is 1. The monoisotopic (exact) mass is 262 g/mol. The molecule has 0 bridgehead atoms. The number of hydrogen-bond donors (Lipinski definition) is 1. The number of rotatable bonds is 4. The third-order valence-electron chi connectivity index (χ3n) is 3.57. The van der Waals surface area contributed by atoms with Crippen LogP contribution in [0.2, 0.25) is 0 Å². The number of nitrogens with zero attached hydrogens (tertiary/aromatic N) is 1. The van der Waals surface area contributed by atoms with Crippen molar-refractivity contribution in [3.05, 3.63) is 24.3 Å². The molecule has 1 aliphatic rings. The Morgan fingerprint density at radius 2 is 2.11 bits per heavy atom. The third-order valence-corrected chi connectivity index (χ3v) is 3.57. The number of carbonyl (C=O) groups is 1. The van der Waals surface area contributed by atoms with Gasteiger partial charge in [-0.3, -0.25) is 4.79 Å². The van der Waals surface area contributed by atoms with Crippen molar-refractivity contribution < 1.29 is 9.53 Å². The molecule has 1 unspecified atom stereocenters. The fourth-order valence-corrected chi connectivity index (χ4v) is 2.46. The minimum absolute atomic E-state index is 0.0524. The minimum atomic E-state index is -0.670. The lowest BCUT2D eigenvalue weighted by atomic mass is 10.0. The Morgan fingerprint density at radius 3 is 2.63 bits per heavy atom. The van der Waals surface area contributed by atoms with Gasteiger partial charge in [0.1, 0.15) is 5.60 Å². The summed E-state index contributed by atoms with van der Waals surface area (Å²) < 4.78 is 5.66. The molecule has 0 aromatic heterocycles. The van der Waals surface area contributed by atoms with E-state index in [0.29, 0.717) is 18.8 Å². The second-order valence-corrected chi connectivity index (χ2v) is 5.23. The third kappa shape index (κ3) is 2.89. The van der Waals surface area contributed by atoms with Crippen molar-refractivity contribution in [3.63, 3.8) is 0 Å². The first kappa shape index (κ1) is 13.9. The van der Waals surface area contributed by atoms with Crippen LogP contribution in [0.1, 0.15) is 33.1 Å². The first-order valence-electron chi connectivity index (χ1n) is 6.88. The summed E-state index contributed by atoms with van der Waals surface area (Å²) in [5.74, 6) is 0.0524. The van der Waals surface area contributed by atoms with Crippen molar-refractivity contribution in [3.8, 4) is 0 Å². The Labute approximate surface area is 114 Å². The molecular formula is C15H22N2O2. The molecule has 1 amide bonds. The molecule has 4 nitrogen and oxygen atoms in total. The summed E-state index contributed by atoms with van der Waals surface area (Å²) >= 11 is 0. The van der Waals surface area contributed by atoms with Gasteiger partial charge in [0.15, 0.2) is 0 Å². The summed E-state index contributed by atoms with van der Waals surface area (Å²) in [4.78, 5) is 14.5. The van der Waals surface area contributed by atoms with Gasteiger partial charge in [0.25, 0.3) is 5.91 Å². The molecule has 0 aliphatic carbocycles. The molecule has 104 valence electrons. The Kier molecular flexibility index (Phi) is 4.10. The van der Waals surface area contributed by atoms with Crippen LogP contribution in [0, 0.1) is 0 Å². The van der Waals surface area contributed by atoms with Crippen molar-refractivity contribution in [2.45, 2.75) is 38.7 Å². The van der Waals surface area contributed by atoms with Crippen molar-refractivity contribution in [1.29, 1.82) is 0 Å². The molecule has 1 aromatic carbocycles. The van der Waals surface area contributed by atoms with E-state index in [2.05, 4.69) is 6.92 Å². The number of amides is 1. The van der Waals surface area contributed by atoms with E-state index < -0.39 is 5.60 Å². The standard InChI is InChI=1S/C15H22N2O2/c1-3-10-17(13-7-5-12(16)6-8-13)14(18)15(2)9-4-11-19-15/h5-8H,3-4,9-11,16H2,1-2H3. The summed E-state index contributed by atoms with van der Waals surface area (Å²) in [6.45, 7) is 5.32. The Bertz CT molecular complexity index is 436. The van der Waals surface area contributed by atoms with E-state index in [1.165, 1.54) is 0 Å². The number of anilines is 2. The van der Waals surface area contributed by atoms with Gasteiger partial charge >= 0.3 is 0 Å². The van der Waals surface area contributed by atoms with Crippen LogP contribution in [0.25, 0.3) is 0 Å². The van der Waals surface area contributed by atoms with Gasteiger partial charge in [-0.1, -0.05) is 6.92 Å². The van der Waals surface area contributed by atoms with Gasteiger partial charge in [-0.2, -0.15) is 0 Å². The maximum Gasteiger partial charge on any atom is 0.258 e. The quantitative estimate of drug-likeness (QED) is 0.848. The summed E-state index contributed by atoms with van der Waals surface area (Å²) in [6, 6.07) is 7.43. The van der Waals surface area contributed by atoms with E-state index in [0.717, 1.165) is 24.9 Å². The highest BCUT2D eigenvalue weighted by atomic mass is 16.5. The topological polar surface area (TPSA) is 55.6 Å². The van der Waals surface area contributed by atoms with Crippen LogP contribution in [0.5, 0.6) is 0 Å². The molecule has 1 aromatic rings. The van der Waals surface area contributed by atoms with Gasteiger partial charge in [-0.25, -0.2) is 0 Å². The summed E-state index contributed by atoms with van der Waals surface area (Å²) in [5, 5.41) is 0. The van der Waals surface area contributed by atoms with E-state index in [4.69, 9.17) is 10.5 Å². The van der Waals surface area contributed by atoms with Crippen molar-refractivity contribution in [2.24, 2.45) is 0 Å². The van der Waals surface area contributed by atoms with E-state index in [1.807, 2.05) is 36.1 Å². The SMILES string of the molecule is CCCN(C(=O)C1(C)CCCO1)c1ccc(N)cc1. The maximum atomic E-state index is 12.7. The summed E-state index contributed by atoms with van der Waals surface area (Å²) in [7, 11) is 0. The molecule has 0 saturated carbocycles. The number of benzene rings is 1. The molecular weight excluding hydrogens is 240 g/mol. The second kappa shape index (κ2) is 5.61. The molecule has 1 atom stereocenters. The zero-order valence-electron chi connectivity index (χ0n) is 11.7. The smallest absolute Gasteiger partial charge is 0.258 e. The van der Waals surface area contributed by atoms with Crippen molar-refractivity contribution >= 4 is 17.3 Å². The highest BCUT2D eigenvalue weighted by Crippen LogP contribution is 2.29. The molecule has 4 heteroatoms. The van der Waals surface area contributed by atoms with Gasteiger partial charge in [-0.15, -0.1) is 0 Å². The molecule has 1 aliphatic heterocycles. The van der Waals surface area contributed by atoms with Crippen LogP contribution in [0.15, 0.2) is 24.3 Å². The molecule has 19 heavy (non-hydrogen) atoms. The fourth-order valence-electron chi connectivity index (χ4n) is 2.46. The molecule has 1 saturated heterocycles. The molecule has 1 fully saturated rings. The van der Waals surface area contributed by atoms with Gasteiger partial charge in [0.05, 0.1) is 0 Å². The lowest BCUT2D eigenvalue weighted by Gasteiger charge is -2.31. The van der Waals surface area contributed by atoms with Gasteiger partial charge in [0.2, 0.25) is 0 Å². The second-order valence-electron chi connectivity index (χ2n) is 5.23. The fraction of sp³-hybridized carbons (Fsp3) is 0.533. The highest BCUT2D eigenvalue weighted by Gasteiger charge is 2.40. The number of hydrogen-bond acceptors (Lipinski definition) is 3. The Morgan fingerprint density at radius 1 is 1.42 bits per heavy atom. The Hall–Kier alpha value is -1.55. The van der Waals surface area contributed by atoms with Crippen LogP contribution in [-0.4, -0.2) is 24.7 Å². The van der Waals surface area contributed by atoms with Crippen LogP contribution in [0.3, 0.4) is 0 Å². The molecule has 2 rings (SSSR count). The number of nitrogen functional groups attached to an aromatic ring is 1. The van der Waals surface area contributed by atoms with Gasteiger partial charge in [-0.05, 0) is 50.5 Å². The minimum Gasteiger partial charge on any atom is -0.399 e. The number of nitrogens with two attached hydrogens (primary N) is 1. The van der Waals surface area contributed by atoms with E-state index in [1.54, 1.807) is 0 Å². The van der Waals surface area contributed by atoms with E-state index in [9.17, 15) is 4.79 Å². The van der Waals surface area contributed by atoms with Gasteiger partial charge in [0, 0.05) is 24.5 Å². The van der Waals surface area contributed by atoms with Crippen molar-refractivity contribution in [1.82, 2.24) is 0 Å². The van der Waals surface area contributed by atoms with Gasteiger partial charge < -0.3 is 15.4 Å². The normalized spacial score (nSPS) is 22.4. The van der Waals surface area contributed by atoms with E-state index >= 15 is 0 Å². The predicted octanol–water partition coefficient (Wildman–Crippen LogP) is 2.58. The summed E-state index contributed by atoms with van der Waals surface area (Å²) in [6.07, 6.45) is 2.65. The molecule has 0 radical (unpaired) electrons. The predicted molar refractivity (Wildman–Crippen MR) is 77.1 cm³/mol. The average molecular weight is 262 g/mol. The van der Waals surface area contributed by atoms with Crippen LogP contribution in [-0.2, 0) is 9.53 Å². The van der Waals surface area contributed by atoms with Crippen LogP contribution >= 0.6 is 0 Å². The first-order valence-corrected chi connectivity index (χ1v) is 6.88. The molecule has 1 heterocycles. The first-order chi connectivity index (χ1) is 9.07. The Balaban J connectivity index is 2.24. The number of ether oxygens (including phenoxy) is 1. The maximum absolute atomic E-state index is 12.7. The largest absolute Gasteiger partial charge is 0.399 e. The zero-order valence-corrected chi connectivity index (χ0v) is 11.7. The van der Waals surface area contributed by atoms with E-state index in [-0.39, 0.29) is 5.91 Å². The van der Waals surface area contributed by atoms with Crippen molar-refractivity contribution in [2.75, 3.05) is 23.8 Å². The highest BCUT2D eigenvalue weighted by molar-refractivity contribution is 5.99. The van der Waals surface area contributed by atoms with Crippen LogP contribution in [0.4, 0.5) is 11.4 Å². The lowest BCUT2D eigenvalue weighted by molar-refractivity contribution is -0.136. The summed E-state index contributed by atoms with van der Waals surface area (Å²) in [5.41, 5.74) is 6.62. The lowest BCUT2D eigenvalue weighted by Crippen LogP contribution is -2.47. The molecule has 2 N–H and O–H groups in total.